The van der Waals surface area contributed by atoms with Crippen molar-refractivity contribution in [1.29, 1.82) is 5.26 Å². The van der Waals surface area contributed by atoms with Gasteiger partial charge in [0.05, 0.1) is 11.6 Å². The summed E-state index contributed by atoms with van der Waals surface area (Å²) in [6.45, 7) is 0. The summed E-state index contributed by atoms with van der Waals surface area (Å²) in [4.78, 5) is 20.2. The molecule has 0 spiro atoms. The molecule has 0 bridgehead atoms. The number of aromatic nitrogens is 2. The van der Waals surface area contributed by atoms with Crippen molar-refractivity contribution in [1.82, 2.24) is 9.97 Å². The lowest BCUT2D eigenvalue weighted by Gasteiger charge is -2.09. The number of amides is 1. The number of nitrogens with one attached hydrogen (secondary N) is 2. The van der Waals surface area contributed by atoms with Gasteiger partial charge in [0.2, 0.25) is 5.95 Å². The average Bonchev–Trinajstić information content (AvgIpc) is 2.65. The van der Waals surface area contributed by atoms with Gasteiger partial charge in [0, 0.05) is 11.9 Å². The molecule has 0 fully saturated rings. The minimum Gasteiger partial charge on any atom is -0.324 e. The van der Waals surface area contributed by atoms with Gasteiger partial charge in [0.25, 0.3) is 5.91 Å². The van der Waals surface area contributed by atoms with Crippen molar-refractivity contribution in [3.05, 3.63) is 77.6 Å². The third-order valence-corrected chi connectivity index (χ3v) is 3.34. The lowest BCUT2D eigenvalue weighted by Crippen LogP contribution is -2.16. The molecule has 1 amide bonds. The Morgan fingerprint density at radius 2 is 1.81 bits per heavy atom. The maximum absolute atomic E-state index is 13.6. The van der Waals surface area contributed by atoms with E-state index in [1.165, 1.54) is 18.3 Å². The Labute approximate surface area is 147 Å². The van der Waals surface area contributed by atoms with E-state index in [0.717, 1.165) is 12.1 Å². The third-order valence-electron chi connectivity index (χ3n) is 3.34. The third kappa shape index (κ3) is 3.79. The lowest BCUT2D eigenvalue weighted by atomic mass is 10.2. The maximum Gasteiger partial charge on any atom is 0.274 e. The fourth-order valence-corrected chi connectivity index (χ4v) is 2.14. The Bertz CT molecular complexity index is 996. The molecule has 0 radical (unpaired) electrons. The van der Waals surface area contributed by atoms with E-state index in [1.54, 1.807) is 24.3 Å². The van der Waals surface area contributed by atoms with Crippen LogP contribution in [0.15, 0.2) is 54.7 Å². The summed E-state index contributed by atoms with van der Waals surface area (Å²) in [6.07, 6.45) is 1.33. The molecule has 3 rings (SSSR count). The van der Waals surface area contributed by atoms with Crippen LogP contribution in [0.5, 0.6) is 0 Å². The molecular formula is C18H11F2N5O. The number of carbonyl (C=O) groups is 1. The van der Waals surface area contributed by atoms with Crippen LogP contribution in [-0.4, -0.2) is 15.9 Å². The van der Waals surface area contributed by atoms with Crippen LogP contribution < -0.4 is 10.6 Å². The number of benzene rings is 2. The Hall–Kier alpha value is -3.86. The topological polar surface area (TPSA) is 90.7 Å². The highest BCUT2D eigenvalue weighted by Gasteiger charge is 2.15. The number of anilines is 3. The van der Waals surface area contributed by atoms with Gasteiger partial charge in [-0.05, 0) is 36.4 Å². The summed E-state index contributed by atoms with van der Waals surface area (Å²) in [5.41, 5.74) is 0.370. The van der Waals surface area contributed by atoms with E-state index in [9.17, 15) is 13.6 Å². The summed E-state index contributed by atoms with van der Waals surface area (Å²) >= 11 is 0. The first-order valence-electron chi connectivity index (χ1n) is 7.42. The second kappa shape index (κ2) is 7.36. The van der Waals surface area contributed by atoms with E-state index in [1.807, 2.05) is 6.07 Å². The smallest absolute Gasteiger partial charge is 0.274 e. The zero-order valence-corrected chi connectivity index (χ0v) is 13.2. The van der Waals surface area contributed by atoms with Crippen LogP contribution in [0, 0.1) is 23.0 Å². The zero-order valence-electron chi connectivity index (χ0n) is 13.2. The lowest BCUT2D eigenvalue weighted by molar-refractivity contribution is 0.102. The molecule has 0 aliphatic carbocycles. The molecule has 6 nitrogen and oxygen atoms in total. The number of halogens is 2. The first-order valence-corrected chi connectivity index (χ1v) is 7.42. The zero-order chi connectivity index (χ0) is 18.5. The summed E-state index contributed by atoms with van der Waals surface area (Å²) in [5, 5.41) is 13.9. The molecule has 0 atom stereocenters. The fourth-order valence-electron chi connectivity index (χ4n) is 2.14. The molecule has 8 heteroatoms. The predicted octanol–water partition coefficient (Wildman–Crippen LogP) is 3.62. The van der Waals surface area contributed by atoms with Crippen molar-refractivity contribution in [3.63, 3.8) is 0 Å². The van der Waals surface area contributed by atoms with Gasteiger partial charge in [0.15, 0.2) is 0 Å². The van der Waals surface area contributed by atoms with Crippen LogP contribution in [0.3, 0.4) is 0 Å². The monoisotopic (exact) mass is 351 g/mol. The van der Waals surface area contributed by atoms with Gasteiger partial charge in [-0.3, -0.25) is 4.79 Å². The minimum atomic E-state index is -0.890. The van der Waals surface area contributed by atoms with Crippen molar-refractivity contribution < 1.29 is 13.6 Å². The van der Waals surface area contributed by atoms with Crippen molar-refractivity contribution in [2.45, 2.75) is 0 Å². The molecule has 2 aromatic carbocycles. The number of nitrogens with zero attached hydrogens (tertiary/aromatic N) is 3. The Kier molecular flexibility index (Phi) is 4.80. The van der Waals surface area contributed by atoms with E-state index in [4.69, 9.17) is 5.26 Å². The van der Waals surface area contributed by atoms with Gasteiger partial charge in [-0.1, -0.05) is 12.1 Å². The number of carbonyl (C=O) groups excluding carboxylic acids is 1. The van der Waals surface area contributed by atoms with Gasteiger partial charge < -0.3 is 10.6 Å². The highest BCUT2D eigenvalue weighted by Crippen LogP contribution is 2.19. The fraction of sp³-hybridized carbons (Fsp3) is 0. The Balaban J connectivity index is 1.80. The molecule has 0 unspecified atom stereocenters. The van der Waals surface area contributed by atoms with Gasteiger partial charge >= 0.3 is 0 Å². The summed E-state index contributed by atoms with van der Waals surface area (Å²) in [5.74, 6) is -2.47. The summed E-state index contributed by atoms with van der Waals surface area (Å²) in [7, 11) is 0. The average molecular weight is 351 g/mol. The van der Waals surface area contributed by atoms with Crippen LogP contribution in [0.1, 0.15) is 16.1 Å². The Morgan fingerprint density at radius 1 is 1.08 bits per heavy atom. The van der Waals surface area contributed by atoms with Crippen LogP contribution in [0.2, 0.25) is 0 Å². The second-order valence-electron chi connectivity index (χ2n) is 5.13. The molecule has 0 aliphatic heterocycles. The van der Waals surface area contributed by atoms with Crippen molar-refractivity contribution in [2.75, 3.05) is 10.6 Å². The van der Waals surface area contributed by atoms with Crippen LogP contribution in [0.4, 0.5) is 26.1 Å². The summed E-state index contributed by atoms with van der Waals surface area (Å²) in [6, 6.07) is 13.2. The predicted molar refractivity (Wildman–Crippen MR) is 90.8 cm³/mol. The van der Waals surface area contributed by atoms with Gasteiger partial charge in [-0.15, -0.1) is 0 Å². The summed E-state index contributed by atoms with van der Waals surface area (Å²) < 4.78 is 27.3. The van der Waals surface area contributed by atoms with Crippen molar-refractivity contribution >= 4 is 23.2 Å². The minimum absolute atomic E-state index is 0.0819. The number of nitriles is 1. The molecule has 3 aromatic rings. The molecule has 0 saturated heterocycles. The molecule has 0 saturated carbocycles. The molecule has 128 valence electrons. The first-order chi connectivity index (χ1) is 12.6. The number of rotatable bonds is 4. The first kappa shape index (κ1) is 17.0. The van der Waals surface area contributed by atoms with Gasteiger partial charge in [-0.2, -0.15) is 5.26 Å². The van der Waals surface area contributed by atoms with Gasteiger partial charge in [-0.25, -0.2) is 18.7 Å². The van der Waals surface area contributed by atoms with Crippen LogP contribution in [0.25, 0.3) is 0 Å². The van der Waals surface area contributed by atoms with Crippen molar-refractivity contribution in [2.24, 2.45) is 0 Å². The molecule has 1 heterocycles. The SMILES string of the molecule is N#Cc1cccc(Nc2nccc(C(=O)Nc3c(F)cccc3F)n2)c1. The highest BCUT2D eigenvalue weighted by molar-refractivity contribution is 6.03. The molecular weight excluding hydrogens is 340 g/mol. The molecule has 26 heavy (non-hydrogen) atoms. The molecule has 1 aromatic heterocycles. The molecule has 0 aliphatic rings. The number of para-hydroxylation sites is 1. The Morgan fingerprint density at radius 3 is 2.54 bits per heavy atom. The maximum atomic E-state index is 13.6. The van der Waals surface area contributed by atoms with Gasteiger partial charge in [0.1, 0.15) is 23.0 Å². The number of hydrogen-bond acceptors (Lipinski definition) is 5. The molecule has 2 N–H and O–H groups in total. The standard InChI is InChI=1S/C18H11F2N5O/c19-13-5-2-6-14(20)16(13)25-17(26)15-7-8-22-18(24-15)23-12-4-1-3-11(9-12)10-21/h1-9H,(H,25,26)(H,22,23,24). The largest absolute Gasteiger partial charge is 0.324 e. The number of hydrogen-bond donors (Lipinski definition) is 2. The van der Waals surface area contributed by atoms with E-state index < -0.39 is 23.2 Å². The van der Waals surface area contributed by atoms with Crippen LogP contribution >= 0.6 is 0 Å². The van der Waals surface area contributed by atoms with E-state index in [-0.39, 0.29) is 11.6 Å². The van der Waals surface area contributed by atoms with Crippen LogP contribution in [-0.2, 0) is 0 Å². The highest BCUT2D eigenvalue weighted by atomic mass is 19.1. The second-order valence-corrected chi connectivity index (χ2v) is 5.13. The van der Waals surface area contributed by atoms with E-state index in [0.29, 0.717) is 11.3 Å². The van der Waals surface area contributed by atoms with E-state index >= 15 is 0 Å². The quantitative estimate of drug-likeness (QED) is 0.749. The normalized spacial score (nSPS) is 10.0. The van der Waals surface area contributed by atoms with Crippen molar-refractivity contribution in [3.8, 4) is 6.07 Å². The van der Waals surface area contributed by atoms with E-state index in [2.05, 4.69) is 20.6 Å².